The van der Waals surface area contributed by atoms with Crippen LogP contribution in [0.1, 0.15) is 0 Å². The van der Waals surface area contributed by atoms with E-state index in [2.05, 4.69) is 30.7 Å². The molecule has 1 heterocycles. The normalized spacial score (nSPS) is 11.6. The highest BCUT2D eigenvalue weighted by molar-refractivity contribution is 7.99. The molecule has 0 radical (unpaired) electrons. The van der Waals surface area contributed by atoms with Crippen LogP contribution in [0.5, 0.6) is 0 Å². The lowest BCUT2D eigenvalue weighted by molar-refractivity contribution is 1.23. The molecule has 1 rings (SSSR count). The molecule has 0 spiro atoms. The quantitative estimate of drug-likeness (QED) is 0.558. The van der Waals surface area contributed by atoms with E-state index >= 15 is 0 Å². The van der Waals surface area contributed by atoms with Crippen LogP contribution in [0, 0.1) is 0 Å². The van der Waals surface area contributed by atoms with E-state index in [9.17, 15) is 0 Å². The van der Waals surface area contributed by atoms with E-state index in [0.717, 1.165) is 0 Å². The molecule has 0 unspecified atom stereocenters. The van der Waals surface area contributed by atoms with Crippen LogP contribution < -0.4 is 0 Å². The van der Waals surface area contributed by atoms with E-state index in [4.69, 9.17) is 0 Å². The molecule has 1 aromatic rings. The first-order valence-corrected chi connectivity index (χ1v) is 9.30. The average molecular weight is 211 g/mol. The highest BCUT2D eigenvalue weighted by Crippen LogP contribution is 2.20. The molecule has 0 aliphatic carbocycles. The van der Waals surface area contributed by atoms with Gasteiger partial charge in [0.1, 0.15) is 0 Å². The summed E-state index contributed by atoms with van der Waals surface area (Å²) in [5, 5.41) is 0. The zero-order valence-corrected chi connectivity index (χ0v) is 10.4. The van der Waals surface area contributed by atoms with Crippen LogP contribution in [0.15, 0.2) is 29.4 Å². The number of rotatable bonds is 4. The number of thioether (sulfide) groups is 1. The summed E-state index contributed by atoms with van der Waals surface area (Å²) in [6.45, 7) is 7.24. The fourth-order valence-corrected chi connectivity index (χ4v) is 4.31. The second kappa shape index (κ2) is 4.82. The summed E-state index contributed by atoms with van der Waals surface area (Å²) in [5.74, 6) is 1.24. The molecule has 72 valence electrons. The van der Waals surface area contributed by atoms with Gasteiger partial charge in [-0.25, -0.2) is 0 Å². The standard InChI is InChI=1S/C10H17NSSi/c1-13(2,3)8-7-12-10-5-4-6-11-9-10/h4-6,9H,7-8H2,1-3H3. The summed E-state index contributed by atoms with van der Waals surface area (Å²) in [7, 11) is -0.852. The molecular weight excluding hydrogens is 194 g/mol. The Hall–Kier alpha value is -0.283. The fourth-order valence-electron chi connectivity index (χ4n) is 0.908. The van der Waals surface area contributed by atoms with Crippen LogP contribution in [0.4, 0.5) is 0 Å². The second-order valence-electron chi connectivity index (χ2n) is 4.35. The summed E-state index contributed by atoms with van der Waals surface area (Å²) in [4.78, 5) is 5.38. The zero-order chi connectivity index (χ0) is 9.73. The molecule has 0 fully saturated rings. The molecule has 0 saturated heterocycles. The van der Waals surface area contributed by atoms with Gasteiger partial charge in [0.05, 0.1) is 0 Å². The Kier molecular flexibility index (Phi) is 4.00. The highest BCUT2D eigenvalue weighted by Gasteiger charge is 2.11. The van der Waals surface area contributed by atoms with E-state index in [1.54, 1.807) is 0 Å². The lowest BCUT2D eigenvalue weighted by atomic mass is 10.5. The van der Waals surface area contributed by atoms with Gasteiger partial charge >= 0.3 is 0 Å². The van der Waals surface area contributed by atoms with E-state index in [1.807, 2.05) is 30.2 Å². The summed E-state index contributed by atoms with van der Waals surface area (Å²) >= 11 is 1.92. The number of aromatic nitrogens is 1. The van der Waals surface area contributed by atoms with Crippen molar-refractivity contribution in [3.8, 4) is 0 Å². The van der Waals surface area contributed by atoms with Gasteiger partial charge in [-0.3, -0.25) is 4.98 Å². The third-order valence-corrected chi connectivity index (χ3v) is 4.85. The predicted molar refractivity (Wildman–Crippen MR) is 63.1 cm³/mol. The van der Waals surface area contributed by atoms with Crippen molar-refractivity contribution in [1.82, 2.24) is 4.98 Å². The largest absolute Gasteiger partial charge is 0.264 e. The summed E-state index contributed by atoms with van der Waals surface area (Å²) in [5.41, 5.74) is 0. The predicted octanol–water partition coefficient (Wildman–Crippen LogP) is 3.51. The highest BCUT2D eigenvalue weighted by atomic mass is 32.2. The lowest BCUT2D eigenvalue weighted by Crippen LogP contribution is -2.19. The molecule has 13 heavy (non-hydrogen) atoms. The van der Waals surface area contributed by atoms with Gasteiger partial charge in [0, 0.05) is 25.4 Å². The van der Waals surface area contributed by atoms with Gasteiger partial charge in [0.2, 0.25) is 0 Å². The molecule has 3 heteroatoms. The molecule has 0 N–H and O–H groups in total. The molecule has 0 saturated carbocycles. The van der Waals surface area contributed by atoms with Gasteiger partial charge in [-0.2, -0.15) is 0 Å². The van der Waals surface area contributed by atoms with Gasteiger partial charge in [-0.15, -0.1) is 11.8 Å². The molecule has 0 amide bonds. The number of nitrogens with zero attached hydrogens (tertiary/aromatic N) is 1. The maximum atomic E-state index is 4.09. The molecule has 1 aromatic heterocycles. The van der Waals surface area contributed by atoms with Crippen LogP contribution >= 0.6 is 11.8 Å². The molecule has 0 bridgehead atoms. The maximum Gasteiger partial charge on any atom is 0.0450 e. The Balaban J connectivity index is 2.29. The van der Waals surface area contributed by atoms with E-state index in [-0.39, 0.29) is 0 Å². The molecular formula is C10H17NSSi. The van der Waals surface area contributed by atoms with Crippen LogP contribution in [-0.4, -0.2) is 18.8 Å². The Labute approximate surface area is 86.0 Å². The van der Waals surface area contributed by atoms with Crippen molar-refractivity contribution in [3.63, 3.8) is 0 Å². The molecule has 0 aliphatic heterocycles. The van der Waals surface area contributed by atoms with E-state index < -0.39 is 8.07 Å². The summed E-state index contributed by atoms with van der Waals surface area (Å²) < 4.78 is 0. The molecule has 0 aliphatic rings. The minimum Gasteiger partial charge on any atom is -0.264 e. The van der Waals surface area contributed by atoms with Crippen molar-refractivity contribution in [3.05, 3.63) is 24.5 Å². The molecule has 0 aromatic carbocycles. The lowest BCUT2D eigenvalue weighted by Gasteiger charge is -2.14. The molecule has 0 atom stereocenters. The smallest absolute Gasteiger partial charge is 0.0450 e. The maximum absolute atomic E-state index is 4.09. The first-order chi connectivity index (χ1) is 6.08. The Morgan fingerprint density at radius 3 is 2.69 bits per heavy atom. The van der Waals surface area contributed by atoms with Crippen molar-refractivity contribution < 1.29 is 0 Å². The van der Waals surface area contributed by atoms with Crippen molar-refractivity contribution in [2.45, 2.75) is 30.6 Å². The number of hydrogen-bond donors (Lipinski definition) is 0. The molecule has 1 nitrogen and oxygen atoms in total. The second-order valence-corrected chi connectivity index (χ2v) is 11.1. The van der Waals surface area contributed by atoms with Crippen LogP contribution in [0.3, 0.4) is 0 Å². The Morgan fingerprint density at radius 2 is 2.15 bits per heavy atom. The van der Waals surface area contributed by atoms with Crippen molar-refractivity contribution in [2.24, 2.45) is 0 Å². The third kappa shape index (κ3) is 5.11. The monoisotopic (exact) mass is 211 g/mol. The van der Waals surface area contributed by atoms with E-state index in [1.165, 1.54) is 16.7 Å². The number of hydrogen-bond acceptors (Lipinski definition) is 2. The first-order valence-electron chi connectivity index (χ1n) is 4.61. The van der Waals surface area contributed by atoms with Crippen LogP contribution in [0.25, 0.3) is 0 Å². The average Bonchev–Trinajstić information content (AvgIpc) is 2.04. The van der Waals surface area contributed by atoms with Gasteiger partial charge in [-0.05, 0) is 23.9 Å². The Morgan fingerprint density at radius 1 is 1.38 bits per heavy atom. The van der Waals surface area contributed by atoms with Gasteiger partial charge in [0.25, 0.3) is 0 Å². The third-order valence-electron chi connectivity index (χ3n) is 1.76. The Bertz CT molecular complexity index is 243. The van der Waals surface area contributed by atoms with E-state index in [0.29, 0.717) is 0 Å². The van der Waals surface area contributed by atoms with Gasteiger partial charge in [-0.1, -0.05) is 19.6 Å². The first kappa shape index (κ1) is 10.8. The van der Waals surface area contributed by atoms with Crippen molar-refractivity contribution in [2.75, 3.05) is 5.75 Å². The van der Waals surface area contributed by atoms with Crippen molar-refractivity contribution >= 4 is 19.8 Å². The minimum absolute atomic E-state index is 0.852. The van der Waals surface area contributed by atoms with Crippen LogP contribution in [-0.2, 0) is 0 Å². The van der Waals surface area contributed by atoms with Crippen molar-refractivity contribution in [1.29, 1.82) is 0 Å². The minimum atomic E-state index is -0.852. The topological polar surface area (TPSA) is 12.9 Å². The van der Waals surface area contributed by atoms with Gasteiger partial charge < -0.3 is 0 Å². The number of pyridine rings is 1. The zero-order valence-electron chi connectivity index (χ0n) is 8.58. The SMILES string of the molecule is C[Si](C)(C)CCSc1cccnc1. The summed E-state index contributed by atoms with van der Waals surface area (Å²) in [6, 6.07) is 5.51. The van der Waals surface area contributed by atoms with Crippen LogP contribution in [0.2, 0.25) is 25.7 Å². The summed E-state index contributed by atoms with van der Waals surface area (Å²) in [6.07, 6.45) is 3.76. The van der Waals surface area contributed by atoms with Gasteiger partial charge in [0.15, 0.2) is 0 Å². The fraction of sp³-hybridized carbons (Fsp3) is 0.500.